The van der Waals surface area contributed by atoms with Gasteiger partial charge in [-0.1, -0.05) is 0 Å². The fourth-order valence-electron chi connectivity index (χ4n) is 1.68. The van der Waals surface area contributed by atoms with E-state index in [2.05, 4.69) is 10.2 Å². The van der Waals surface area contributed by atoms with Crippen molar-refractivity contribution in [3.8, 4) is 5.69 Å². The average molecular weight is 302 g/mol. The predicted molar refractivity (Wildman–Crippen MR) is 63.7 cm³/mol. The number of nitro groups is 1. The first-order valence-electron chi connectivity index (χ1n) is 5.63. The molecular formula is C11H9F3N4O3. The quantitative estimate of drug-likeness (QED) is 0.691. The Morgan fingerprint density at radius 3 is 2.52 bits per heavy atom. The molecule has 0 aliphatic heterocycles. The summed E-state index contributed by atoms with van der Waals surface area (Å²) < 4.78 is 37.8. The molecule has 112 valence electrons. The summed E-state index contributed by atoms with van der Waals surface area (Å²) in [4.78, 5) is 10.8. The van der Waals surface area contributed by atoms with Crippen LogP contribution in [0.3, 0.4) is 0 Å². The Hall–Kier alpha value is -2.49. The molecule has 0 aliphatic rings. The topological polar surface area (TPSA) is 94.1 Å². The summed E-state index contributed by atoms with van der Waals surface area (Å²) in [5.41, 5.74) is -1.61. The summed E-state index contributed by atoms with van der Waals surface area (Å²) in [6.45, 7) is 1.09. The van der Waals surface area contributed by atoms with Crippen LogP contribution in [0.2, 0.25) is 0 Å². The lowest BCUT2D eigenvalue weighted by Gasteiger charge is -2.08. The number of rotatable bonds is 3. The Balaban J connectivity index is 2.60. The van der Waals surface area contributed by atoms with E-state index in [1.165, 1.54) is 6.92 Å². The molecule has 2 aromatic rings. The third-order valence-electron chi connectivity index (χ3n) is 2.74. The zero-order valence-electron chi connectivity index (χ0n) is 10.6. The van der Waals surface area contributed by atoms with E-state index in [9.17, 15) is 23.3 Å². The predicted octanol–water partition coefficient (Wildman–Crippen LogP) is 2.00. The van der Waals surface area contributed by atoms with Crippen LogP contribution in [0, 0.1) is 17.0 Å². The van der Waals surface area contributed by atoms with Crippen LogP contribution in [0.5, 0.6) is 0 Å². The van der Waals surface area contributed by atoms with Crippen LogP contribution in [0.4, 0.5) is 18.9 Å². The SMILES string of the molecule is Cc1nn(-c2ccc(C(F)(F)F)cc2[N+](=O)[O-])nc1CO. The second-order valence-electron chi connectivity index (χ2n) is 4.14. The number of aliphatic hydroxyl groups excluding tert-OH is 1. The van der Waals surface area contributed by atoms with Crippen molar-refractivity contribution < 1.29 is 23.2 Å². The molecule has 0 amide bonds. The first-order valence-corrected chi connectivity index (χ1v) is 5.63. The minimum Gasteiger partial charge on any atom is -0.390 e. The number of hydrogen-bond acceptors (Lipinski definition) is 5. The molecule has 1 N–H and O–H groups in total. The van der Waals surface area contributed by atoms with E-state index in [-0.39, 0.29) is 11.4 Å². The number of alkyl halides is 3. The Bertz CT molecular complexity index is 697. The van der Waals surface area contributed by atoms with Crippen LogP contribution in [-0.2, 0) is 12.8 Å². The number of nitrogens with zero attached hydrogens (tertiary/aromatic N) is 4. The zero-order valence-corrected chi connectivity index (χ0v) is 10.6. The highest BCUT2D eigenvalue weighted by atomic mass is 19.4. The van der Waals surface area contributed by atoms with Crippen molar-refractivity contribution in [1.82, 2.24) is 15.0 Å². The molecule has 1 aromatic heterocycles. The Labute approximate surface area is 115 Å². The van der Waals surface area contributed by atoms with Gasteiger partial charge >= 0.3 is 6.18 Å². The Morgan fingerprint density at radius 1 is 1.38 bits per heavy atom. The van der Waals surface area contributed by atoms with Crippen LogP contribution < -0.4 is 0 Å². The molecule has 0 spiro atoms. The van der Waals surface area contributed by atoms with Crippen molar-refractivity contribution in [1.29, 1.82) is 0 Å². The third kappa shape index (κ3) is 2.84. The van der Waals surface area contributed by atoms with Crippen molar-refractivity contribution >= 4 is 5.69 Å². The molecule has 10 heteroatoms. The van der Waals surface area contributed by atoms with Crippen LogP contribution in [0.15, 0.2) is 18.2 Å². The number of benzene rings is 1. The van der Waals surface area contributed by atoms with Gasteiger partial charge < -0.3 is 5.11 Å². The van der Waals surface area contributed by atoms with E-state index in [0.717, 1.165) is 10.9 Å². The summed E-state index contributed by atoms with van der Waals surface area (Å²) in [5.74, 6) is 0. The van der Waals surface area contributed by atoms with Crippen molar-refractivity contribution in [2.75, 3.05) is 0 Å². The average Bonchev–Trinajstić information content (AvgIpc) is 2.78. The van der Waals surface area contributed by atoms with Gasteiger partial charge in [-0.3, -0.25) is 10.1 Å². The van der Waals surface area contributed by atoms with E-state index in [0.29, 0.717) is 17.8 Å². The van der Waals surface area contributed by atoms with E-state index in [4.69, 9.17) is 5.11 Å². The van der Waals surface area contributed by atoms with Gasteiger partial charge in [-0.15, -0.1) is 4.80 Å². The Morgan fingerprint density at radius 2 is 2.05 bits per heavy atom. The molecule has 0 unspecified atom stereocenters. The molecule has 0 aliphatic carbocycles. The molecular weight excluding hydrogens is 293 g/mol. The fourth-order valence-corrected chi connectivity index (χ4v) is 1.68. The maximum Gasteiger partial charge on any atom is 0.416 e. The van der Waals surface area contributed by atoms with Crippen LogP contribution in [0.1, 0.15) is 17.0 Å². The van der Waals surface area contributed by atoms with Crippen LogP contribution in [0.25, 0.3) is 5.69 Å². The first kappa shape index (κ1) is 14.9. The molecule has 21 heavy (non-hydrogen) atoms. The summed E-state index contributed by atoms with van der Waals surface area (Å²) >= 11 is 0. The normalized spacial score (nSPS) is 11.7. The molecule has 0 bridgehead atoms. The van der Waals surface area contributed by atoms with Gasteiger partial charge in [-0.25, -0.2) is 0 Å². The van der Waals surface area contributed by atoms with Gasteiger partial charge in [-0.05, 0) is 19.1 Å². The molecule has 0 radical (unpaired) electrons. The molecule has 1 aromatic carbocycles. The largest absolute Gasteiger partial charge is 0.416 e. The zero-order chi connectivity index (χ0) is 15.8. The van der Waals surface area contributed by atoms with Gasteiger partial charge in [0.1, 0.15) is 5.69 Å². The smallest absolute Gasteiger partial charge is 0.390 e. The molecule has 0 atom stereocenters. The minimum absolute atomic E-state index is 0.184. The van der Waals surface area contributed by atoms with Crippen LogP contribution >= 0.6 is 0 Å². The van der Waals surface area contributed by atoms with Crippen molar-refractivity contribution in [3.63, 3.8) is 0 Å². The molecule has 0 saturated carbocycles. The summed E-state index contributed by atoms with van der Waals surface area (Å²) in [5, 5.41) is 27.6. The molecule has 7 nitrogen and oxygen atoms in total. The van der Waals surface area contributed by atoms with Gasteiger partial charge in [0.05, 0.1) is 22.8 Å². The summed E-state index contributed by atoms with van der Waals surface area (Å²) in [6, 6.07) is 2.05. The van der Waals surface area contributed by atoms with Gasteiger partial charge in [-0.2, -0.15) is 23.4 Å². The van der Waals surface area contributed by atoms with Crippen molar-refractivity contribution in [2.24, 2.45) is 0 Å². The first-order chi connectivity index (χ1) is 9.74. The molecule has 0 saturated heterocycles. The van der Waals surface area contributed by atoms with Gasteiger partial charge in [0, 0.05) is 6.07 Å². The number of nitro benzene ring substituents is 1. The number of hydrogen-bond donors (Lipinski definition) is 1. The second kappa shape index (κ2) is 5.13. The fraction of sp³-hybridized carbons (Fsp3) is 0.273. The number of aromatic nitrogens is 3. The van der Waals surface area contributed by atoms with E-state index in [1.54, 1.807) is 0 Å². The third-order valence-corrected chi connectivity index (χ3v) is 2.74. The maximum atomic E-state index is 12.6. The molecule has 0 fully saturated rings. The summed E-state index contributed by atoms with van der Waals surface area (Å²) in [7, 11) is 0. The van der Waals surface area contributed by atoms with Crippen molar-refractivity contribution in [3.05, 3.63) is 45.3 Å². The monoisotopic (exact) mass is 302 g/mol. The number of halogens is 3. The maximum absolute atomic E-state index is 12.6. The lowest BCUT2D eigenvalue weighted by molar-refractivity contribution is -0.384. The molecule has 2 rings (SSSR count). The highest BCUT2D eigenvalue weighted by molar-refractivity contribution is 5.53. The second-order valence-corrected chi connectivity index (χ2v) is 4.14. The number of aryl methyl sites for hydroxylation is 1. The highest BCUT2D eigenvalue weighted by Crippen LogP contribution is 2.34. The van der Waals surface area contributed by atoms with Gasteiger partial charge in [0.15, 0.2) is 5.69 Å². The standard InChI is InChI=1S/C11H9F3N4O3/c1-6-8(5-19)16-17(15-6)9-3-2-7(11(12,13)14)4-10(9)18(20)21/h2-4,19H,5H2,1H3. The molecule has 1 heterocycles. The van der Waals surface area contributed by atoms with E-state index < -0.39 is 29.0 Å². The van der Waals surface area contributed by atoms with E-state index in [1.807, 2.05) is 0 Å². The lowest BCUT2D eigenvalue weighted by Crippen LogP contribution is -2.09. The van der Waals surface area contributed by atoms with Gasteiger partial charge in [0.2, 0.25) is 0 Å². The van der Waals surface area contributed by atoms with Gasteiger partial charge in [0.25, 0.3) is 5.69 Å². The summed E-state index contributed by atoms with van der Waals surface area (Å²) in [6.07, 6.45) is -4.69. The number of aliphatic hydroxyl groups is 1. The van der Waals surface area contributed by atoms with Crippen molar-refractivity contribution in [2.45, 2.75) is 19.7 Å². The minimum atomic E-state index is -4.69. The van der Waals surface area contributed by atoms with Crippen LogP contribution in [-0.4, -0.2) is 25.0 Å². The lowest BCUT2D eigenvalue weighted by atomic mass is 10.1. The van der Waals surface area contributed by atoms with E-state index >= 15 is 0 Å². The highest BCUT2D eigenvalue weighted by Gasteiger charge is 2.33. The Kier molecular flexibility index (Phi) is 3.64.